The minimum atomic E-state index is -0.470. The molecule has 8 heteroatoms. The first-order valence-electron chi connectivity index (χ1n) is 8.61. The Morgan fingerprint density at radius 1 is 1.22 bits per heavy atom. The van der Waals surface area contributed by atoms with Crippen LogP contribution in [0.1, 0.15) is 18.9 Å². The molecule has 27 heavy (non-hydrogen) atoms. The summed E-state index contributed by atoms with van der Waals surface area (Å²) in [6.45, 7) is 2.06. The summed E-state index contributed by atoms with van der Waals surface area (Å²) >= 11 is 0. The Balaban J connectivity index is 1.73. The maximum Gasteiger partial charge on any atom is 0.365 e. The highest BCUT2D eigenvalue weighted by Gasteiger charge is 2.17. The van der Waals surface area contributed by atoms with Gasteiger partial charge in [0, 0.05) is 20.0 Å². The molecule has 2 amide bonds. The standard InChI is InChI=1S/C19H21N3O5/c1-13(24)20-12-22-10-17(19(26)27-22)16-4-2-14(3-5-16)15-6-8-21(9-7-15)18(25)11-23/h2-6,10,23H,7-9,11-12H2,1H3,(H,20,24). The van der Waals surface area contributed by atoms with Crippen LogP contribution in [-0.4, -0.2) is 46.3 Å². The second-order valence-corrected chi connectivity index (χ2v) is 6.28. The van der Waals surface area contributed by atoms with E-state index >= 15 is 0 Å². The van der Waals surface area contributed by atoms with Crippen LogP contribution in [-0.2, 0) is 16.3 Å². The van der Waals surface area contributed by atoms with E-state index in [1.807, 2.05) is 30.3 Å². The van der Waals surface area contributed by atoms with Crippen molar-refractivity contribution in [3.8, 4) is 11.1 Å². The normalized spacial score (nSPS) is 14.0. The van der Waals surface area contributed by atoms with Crippen LogP contribution in [0.4, 0.5) is 0 Å². The van der Waals surface area contributed by atoms with Crippen LogP contribution in [0.3, 0.4) is 0 Å². The number of hydrogen-bond acceptors (Lipinski definition) is 5. The SMILES string of the molecule is CC(=O)NCn1cc(-c2ccc(C3=CCN(C(=O)CO)CC3)cc2)c(=O)o1. The second kappa shape index (κ2) is 8.05. The average molecular weight is 371 g/mol. The minimum Gasteiger partial charge on any atom is -0.387 e. The quantitative estimate of drug-likeness (QED) is 0.809. The van der Waals surface area contributed by atoms with E-state index < -0.39 is 12.2 Å². The Labute approximate surface area is 155 Å². The van der Waals surface area contributed by atoms with Crippen LogP contribution in [0.15, 0.2) is 45.9 Å². The van der Waals surface area contributed by atoms with E-state index in [0.29, 0.717) is 25.1 Å². The highest BCUT2D eigenvalue weighted by atomic mass is 16.5. The molecule has 2 N–H and O–H groups in total. The van der Waals surface area contributed by atoms with Crippen molar-refractivity contribution in [3.63, 3.8) is 0 Å². The van der Waals surface area contributed by atoms with Crippen LogP contribution in [0.25, 0.3) is 16.7 Å². The van der Waals surface area contributed by atoms with E-state index in [4.69, 9.17) is 9.63 Å². The zero-order valence-corrected chi connectivity index (χ0v) is 15.0. The van der Waals surface area contributed by atoms with Gasteiger partial charge in [0.15, 0.2) is 0 Å². The highest BCUT2D eigenvalue weighted by molar-refractivity contribution is 5.79. The smallest absolute Gasteiger partial charge is 0.365 e. The molecule has 0 fully saturated rings. The molecule has 1 aromatic carbocycles. The molecule has 2 aromatic rings. The third-order valence-electron chi connectivity index (χ3n) is 4.44. The number of benzene rings is 1. The predicted molar refractivity (Wildman–Crippen MR) is 98.5 cm³/mol. The number of carbonyl (C=O) groups excluding carboxylic acids is 2. The fraction of sp³-hybridized carbons (Fsp3) is 0.316. The number of aromatic nitrogens is 1. The molecule has 0 atom stereocenters. The van der Waals surface area contributed by atoms with Gasteiger partial charge in [-0.2, -0.15) is 4.74 Å². The second-order valence-electron chi connectivity index (χ2n) is 6.28. The molecule has 1 aliphatic heterocycles. The molecule has 8 nitrogen and oxygen atoms in total. The number of rotatable bonds is 5. The van der Waals surface area contributed by atoms with Crippen molar-refractivity contribution in [1.29, 1.82) is 0 Å². The number of aliphatic hydroxyl groups is 1. The lowest BCUT2D eigenvalue weighted by Crippen LogP contribution is -2.36. The first-order chi connectivity index (χ1) is 13.0. The van der Waals surface area contributed by atoms with Gasteiger partial charge in [0.1, 0.15) is 13.3 Å². The van der Waals surface area contributed by atoms with Crippen molar-refractivity contribution in [3.05, 3.63) is 52.5 Å². The Kier molecular flexibility index (Phi) is 5.56. The van der Waals surface area contributed by atoms with Crippen LogP contribution in [0.5, 0.6) is 0 Å². The fourth-order valence-corrected chi connectivity index (χ4v) is 2.96. The zero-order chi connectivity index (χ0) is 19.4. The number of aliphatic hydroxyl groups excluding tert-OH is 1. The molecule has 1 aromatic heterocycles. The lowest BCUT2D eigenvalue weighted by molar-refractivity contribution is -0.133. The summed E-state index contributed by atoms with van der Waals surface area (Å²) in [6.07, 6.45) is 4.25. The fourth-order valence-electron chi connectivity index (χ4n) is 2.96. The highest BCUT2D eigenvalue weighted by Crippen LogP contribution is 2.25. The number of nitrogens with one attached hydrogen (secondary N) is 1. The van der Waals surface area contributed by atoms with Crippen molar-refractivity contribution in [2.75, 3.05) is 19.7 Å². The number of amides is 2. The minimum absolute atomic E-state index is 0.0958. The van der Waals surface area contributed by atoms with E-state index in [9.17, 15) is 14.4 Å². The summed E-state index contributed by atoms with van der Waals surface area (Å²) in [7, 11) is 0. The van der Waals surface area contributed by atoms with Gasteiger partial charge in [0.2, 0.25) is 11.8 Å². The third kappa shape index (κ3) is 4.35. The van der Waals surface area contributed by atoms with Crippen LogP contribution >= 0.6 is 0 Å². The average Bonchev–Trinajstić information content (AvgIpc) is 3.06. The van der Waals surface area contributed by atoms with E-state index in [1.165, 1.54) is 11.7 Å². The summed E-state index contributed by atoms with van der Waals surface area (Å²) in [4.78, 5) is 36.1. The summed E-state index contributed by atoms with van der Waals surface area (Å²) in [5.41, 5.74) is 2.82. The first kappa shape index (κ1) is 18.7. The lowest BCUT2D eigenvalue weighted by atomic mass is 9.97. The summed E-state index contributed by atoms with van der Waals surface area (Å²) in [5.74, 6) is -0.478. The Morgan fingerprint density at radius 3 is 2.52 bits per heavy atom. The molecule has 0 saturated heterocycles. The van der Waals surface area contributed by atoms with Crippen molar-refractivity contribution in [1.82, 2.24) is 15.0 Å². The summed E-state index contributed by atoms with van der Waals surface area (Å²) in [5, 5.41) is 11.5. The van der Waals surface area contributed by atoms with Crippen molar-refractivity contribution in [2.45, 2.75) is 20.0 Å². The van der Waals surface area contributed by atoms with Crippen molar-refractivity contribution >= 4 is 17.4 Å². The molecular weight excluding hydrogens is 350 g/mol. The molecule has 1 aliphatic rings. The maximum atomic E-state index is 12.0. The van der Waals surface area contributed by atoms with Gasteiger partial charge in [0.25, 0.3) is 0 Å². The molecule has 3 rings (SSSR count). The number of carbonyl (C=O) groups is 2. The van der Waals surface area contributed by atoms with Gasteiger partial charge in [-0.05, 0) is 23.1 Å². The van der Waals surface area contributed by atoms with Gasteiger partial charge in [-0.3, -0.25) is 9.59 Å². The zero-order valence-electron chi connectivity index (χ0n) is 15.0. The van der Waals surface area contributed by atoms with E-state index in [0.717, 1.165) is 16.7 Å². The van der Waals surface area contributed by atoms with Gasteiger partial charge in [0.05, 0.1) is 11.8 Å². The largest absolute Gasteiger partial charge is 0.387 e. The van der Waals surface area contributed by atoms with Crippen molar-refractivity contribution in [2.24, 2.45) is 0 Å². The summed E-state index contributed by atoms with van der Waals surface area (Å²) in [6, 6.07) is 7.54. The molecule has 0 spiro atoms. The number of nitrogens with zero attached hydrogens (tertiary/aromatic N) is 2. The van der Waals surface area contributed by atoms with Crippen LogP contribution < -0.4 is 10.9 Å². The van der Waals surface area contributed by atoms with E-state index in [2.05, 4.69) is 5.32 Å². The molecule has 2 heterocycles. The molecule has 142 valence electrons. The number of hydrogen-bond donors (Lipinski definition) is 2. The lowest BCUT2D eigenvalue weighted by Gasteiger charge is -2.26. The molecular formula is C19H21N3O5. The Morgan fingerprint density at radius 2 is 1.93 bits per heavy atom. The van der Waals surface area contributed by atoms with Gasteiger partial charge >= 0.3 is 5.63 Å². The summed E-state index contributed by atoms with van der Waals surface area (Å²) < 4.78 is 6.37. The van der Waals surface area contributed by atoms with E-state index in [-0.39, 0.29) is 18.5 Å². The van der Waals surface area contributed by atoms with Crippen molar-refractivity contribution < 1.29 is 19.2 Å². The first-order valence-corrected chi connectivity index (χ1v) is 8.61. The topological polar surface area (TPSA) is 105 Å². The van der Waals surface area contributed by atoms with Crippen LogP contribution in [0, 0.1) is 0 Å². The Bertz CT molecular complexity index is 924. The predicted octanol–water partition coefficient (Wildman–Crippen LogP) is 0.810. The molecule has 0 unspecified atom stereocenters. The molecule has 0 bridgehead atoms. The van der Waals surface area contributed by atoms with Gasteiger partial charge in [-0.15, -0.1) is 0 Å². The van der Waals surface area contributed by atoms with Crippen LogP contribution in [0.2, 0.25) is 0 Å². The Hall–Kier alpha value is -3.13. The van der Waals surface area contributed by atoms with Gasteiger partial charge in [-0.25, -0.2) is 4.79 Å². The monoisotopic (exact) mass is 371 g/mol. The molecule has 0 saturated carbocycles. The van der Waals surface area contributed by atoms with Gasteiger partial charge < -0.3 is 19.8 Å². The third-order valence-corrected chi connectivity index (χ3v) is 4.44. The molecule has 0 radical (unpaired) electrons. The van der Waals surface area contributed by atoms with Gasteiger partial charge in [-0.1, -0.05) is 30.3 Å². The van der Waals surface area contributed by atoms with E-state index in [1.54, 1.807) is 11.1 Å². The maximum absolute atomic E-state index is 12.0. The molecule has 0 aliphatic carbocycles.